The van der Waals surface area contributed by atoms with Gasteiger partial charge in [-0.15, -0.1) is 0 Å². The first kappa shape index (κ1) is 14.9. The Hall–Kier alpha value is -1.52. The van der Waals surface area contributed by atoms with Gasteiger partial charge in [-0.1, -0.05) is 33.1 Å². The minimum atomic E-state index is 0.436. The molecule has 5 heteroatoms. The number of nitrogens with zero attached hydrogens (tertiary/aromatic N) is 4. The molecule has 0 aromatic carbocycles. The van der Waals surface area contributed by atoms with E-state index < -0.39 is 0 Å². The van der Waals surface area contributed by atoms with Crippen LogP contribution < -0.4 is 5.73 Å². The number of hydrogen-bond acceptors (Lipinski definition) is 3. The third-order valence-electron chi connectivity index (χ3n) is 3.95. The third-order valence-corrected chi connectivity index (χ3v) is 3.95. The highest BCUT2D eigenvalue weighted by atomic mass is 15.4. The Morgan fingerprint density at radius 3 is 2.50 bits per heavy atom. The Bertz CT molecular complexity index is 566. The standard InChI is InChI=1S/C15H27N5/c1-5-8-10-12(9-6-2)20-14-13(17-15(20)16)11(4)18-19(14)7-3/h12H,5-10H2,1-4H3,(H2,16,17). The number of nitrogen functional groups attached to an aromatic ring is 1. The van der Waals surface area contributed by atoms with E-state index in [1.807, 2.05) is 11.6 Å². The first-order valence-electron chi connectivity index (χ1n) is 7.84. The van der Waals surface area contributed by atoms with E-state index in [9.17, 15) is 0 Å². The monoisotopic (exact) mass is 277 g/mol. The van der Waals surface area contributed by atoms with Crippen LogP contribution in [-0.4, -0.2) is 19.3 Å². The highest BCUT2D eigenvalue weighted by Crippen LogP contribution is 2.30. The molecular weight excluding hydrogens is 250 g/mol. The summed E-state index contributed by atoms with van der Waals surface area (Å²) in [5.41, 5.74) is 9.23. The summed E-state index contributed by atoms with van der Waals surface area (Å²) in [7, 11) is 0. The number of aryl methyl sites for hydroxylation is 2. The molecule has 2 N–H and O–H groups in total. The van der Waals surface area contributed by atoms with Crippen LogP contribution in [0.1, 0.15) is 64.6 Å². The van der Waals surface area contributed by atoms with Gasteiger partial charge in [-0.25, -0.2) is 9.67 Å². The number of aromatic nitrogens is 4. The lowest BCUT2D eigenvalue weighted by molar-refractivity contribution is 0.423. The molecule has 0 saturated carbocycles. The molecule has 112 valence electrons. The summed E-state index contributed by atoms with van der Waals surface area (Å²) in [5.74, 6) is 0.636. The number of unbranched alkanes of at least 4 members (excludes halogenated alkanes) is 1. The summed E-state index contributed by atoms with van der Waals surface area (Å²) in [6.07, 6.45) is 5.90. The maximum absolute atomic E-state index is 6.20. The van der Waals surface area contributed by atoms with E-state index in [0.29, 0.717) is 12.0 Å². The maximum Gasteiger partial charge on any atom is 0.202 e. The molecule has 1 atom stereocenters. The van der Waals surface area contributed by atoms with Crippen molar-refractivity contribution >= 4 is 17.1 Å². The zero-order valence-electron chi connectivity index (χ0n) is 13.2. The number of hydrogen-bond donors (Lipinski definition) is 1. The van der Waals surface area contributed by atoms with Gasteiger partial charge in [-0.05, 0) is 26.7 Å². The fraction of sp³-hybridized carbons (Fsp3) is 0.733. The molecule has 0 amide bonds. The zero-order chi connectivity index (χ0) is 14.7. The molecule has 0 bridgehead atoms. The number of fused-ring (bicyclic) bond motifs is 1. The van der Waals surface area contributed by atoms with Crippen molar-refractivity contribution < 1.29 is 0 Å². The fourth-order valence-corrected chi connectivity index (χ4v) is 2.96. The molecule has 2 aromatic rings. The molecule has 0 radical (unpaired) electrons. The molecular formula is C15H27N5. The molecule has 0 spiro atoms. The molecule has 2 aromatic heterocycles. The summed E-state index contributed by atoms with van der Waals surface area (Å²) in [4.78, 5) is 4.55. The van der Waals surface area contributed by atoms with Crippen LogP contribution in [0.25, 0.3) is 11.2 Å². The second-order valence-corrected chi connectivity index (χ2v) is 5.50. The summed E-state index contributed by atoms with van der Waals surface area (Å²) in [5, 5.41) is 4.57. The molecule has 1 unspecified atom stereocenters. The van der Waals surface area contributed by atoms with Crippen LogP contribution in [0.4, 0.5) is 5.95 Å². The van der Waals surface area contributed by atoms with Gasteiger partial charge in [0.15, 0.2) is 5.65 Å². The smallest absolute Gasteiger partial charge is 0.202 e. The van der Waals surface area contributed by atoms with Crippen molar-refractivity contribution in [2.45, 2.75) is 72.4 Å². The van der Waals surface area contributed by atoms with Crippen molar-refractivity contribution in [1.29, 1.82) is 0 Å². The fourth-order valence-electron chi connectivity index (χ4n) is 2.96. The Morgan fingerprint density at radius 1 is 1.15 bits per heavy atom. The van der Waals surface area contributed by atoms with Crippen molar-refractivity contribution in [3.8, 4) is 0 Å². The summed E-state index contributed by atoms with van der Waals surface area (Å²) < 4.78 is 4.25. The lowest BCUT2D eigenvalue weighted by Crippen LogP contribution is -2.15. The first-order valence-corrected chi connectivity index (χ1v) is 7.84. The Labute approximate surface area is 121 Å². The Balaban J connectivity index is 2.51. The van der Waals surface area contributed by atoms with Crippen LogP contribution in [0, 0.1) is 6.92 Å². The minimum absolute atomic E-state index is 0.436. The van der Waals surface area contributed by atoms with E-state index in [0.717, 1.165) is 42.7 Å². The summed E-state index contributed by atoms with van der Waals surface area (Å²) >= 11 is 0. The number of rotatable bonds is 7. The topological polar surface area (TPSA) is 61.7 Å². The first-order chi connectivity index (χ1) is 9.63. The van der Waals surface area contributed by atoms with Crippen molar-refractivity contribution in [2.24, 2.45) is 0 Å². The zero-order valence-corrected chi connectivity index (χ0v) is 13.2. The van der Waals surface area contributed by atoms with Gasteiger partial charge < -0.3 is 5.73 Å². The lowest BCUT2D eigenvalue weighted by atomic mass is 10.0. The van der Waals surface area contributed by atoms with Gasteiger partial charge >= 0.3 is 0 Å². The van der Waals surface area contributed by atoms with Gasteiger partial charge in [0.25, 0.3) is 0 Å². The van der Waals surface area contributed by atoms with Gasteiger partial charge in [0.2, 0.25) is 5.95 Å². The normalized spacial score (nSPS) is 13.2. The lowest BCUT2D eigenvalue weighted by Gasteiger charge is -2.20. The second-order valence-electron chi connectivity index (χ2n) is 5.50. The molecule has 2 rings (SSSR count). The molecule has 0 saturated heterocycles. The van der Waals surface area contributed by atoms with Crippen molar-refractivity contribution in [1.82, 2.24) is 19.3 Å². The predicted octanol–water partition coefficient (Wildman–Crippen LogP) is 3.67. The average Bonchev–Trinajstić information content (AvgIpc) is 2.92. The van der Waals surface area contributed by atoms with Gasteiger partial charge in [-0.3, -0.25) is 4.57 Å². The van der Waals surface area contributed by atoms with Crippen LogP contribution in [0.15, 0.2) is 0 Å². The number of nitrogens with two attached hydrogens (primary N) is 1. The van der Waals surface area contributed by atoms with Gasteiger partial charge in [0.1, 0.15) is 5.52 Å². The molecule has 20 heavy (non-hydrogen) atoms. The van der Waals surface area contributed by atoms with E-state index in [-0.39, 0.29) is 0 Å². The maximum atomic E-state index is 6.20. The van der Waals surface area contributed by atoms with Crippen LogP contribution in [-0.2, 0) is 6.54 Å². The van der Waals surface area contributed by atoms with Crippen LogP contribution >= 0.6 is 0 Å². The molecule has 0 fully saturated rings. The van der Waals surface area contributed by atoms with E-state index in [1.54, 1.807) is 0 Å². The minimum Gasteiger partial charge on any atom is -0.369 e. The van der Waals surface area contributed by atoms with E-state index >= 15 is 0 Å². The molecule has 0 aliphatic heterocycles. The van der Waals surface area contributed by atoms with E-state index in [4.69, 9.17) is 5.73 Å². The van der Waals surface area contributed by atoms with E-state index in [1.165, 1.54) is 12.8 Å². The molecule has 5 nitrogen and oxygen atoms in total. The molecule has 2 heterocycles. The Morgan fingerprint density at radius 2 is 1.90 bits per heavy atom. The van der Waals surface area contributed by atoms with Crippen molar-refractivity contribution in [3.63, 3.8) is 0 Å². The molecule has 0 aliphatic carbocycles. The van der Waals surface area contributed by atoms with Crippen LogP contribution in [0.3, 0.4) is 0 Å². The van der Waals surface area contributed by atoms with Gasteiger partial charge in [0, 0.05) is 12.6 Å². The van der Waals surface area contributed by atoms with E-state index in [2.05, 4.69) is 35.4 Å². The summed E-state index contributed by atoms with van der Waals surface area (Å²) in [6.45, 7) is 9.43. The largest absolute Gasteiger partial charge is 0.369 e. The predicted molar refractivity (Wildman–Crippen MR) is 83.8 cm³/mol. The SMILES string of the molecule is CCCCC(CCC)n1c(N)nc2c(C)nn(CC)c21. The summed E-state index contributed by atoms with van der Waals surface area (Å²) in [6, 6.07) is 0.436. The highest BCUT2D eigenvalue weighted by molar-refractivity contribution is 5.77. The quantitative estimate of drug-likeness (QED) is 0.839. The van der Waals surface area contributed by atoms with Gasteiger partial charge in [0.05, 0.1) is 5.69 Å². The van der Waals surface area contributed by atoms with Crippen molar-refractivity contribution in [3.05, 3.63) is 5.69 Å². The average molecular weight is 277 g/mol. The second kappa shape index (κ2) is 6.29. The van der Waals surface area contributed by atoms with Crippen LogP contribution in [0.5, 0.6) is 0 Å². The van der Waals surface area contributed by atoms with Gasteiger partial charge in [-0.2, -0.15) is 5.10 Å². The number of anilines is 1. The molecule has 0 aliphatic rings. The number of imidazole rings is 1. The van der Waals surface area contributed by atoms with Crippen LogP contribution in [0.2, 0.25) is 0 Å². The highest BCUT2D eigenvalue weighted by Gasteiger charge is 2.21. The Kier molecular flexibility index (Phi) is 4.68. The third kappa shape index (κ3) is 2.53. The van der Waals surface area contributed by atoms with Crippen molar-refractivity contribution in [2.75, 3.05) is 5.73 Å².